The maximum atomic E-state index is 11.9. The lowest BCUT2D eigenvalue weighted by Gasteiger charge is -2.08. The van der Waals surface area contributed by atoms with Gasteiger partial charge in [0.25, 0.3) is 5.56 Å². The molecule has 0 radical (unpaired) electrons. The summed E-state index contributed by atoms with van der Waals surface area (Å²) < 4.78 is 1.10. The van der Waals surface area contributed by atoms with Gasteiger partial charge >= 0.3 is 5.97 Å². The molecule has 0 saturated carbocycles. The largest absolute Gasteiger partial charge is 0.506 e. The van der Waals surface area contributed by atoms with Crippen molar-refractivity contribution in [3.63, 3.8) is 0 Å². The van der Waals surface area contributed by atoms with Crippen LogP contribution in [0.2, 0.25) is 0 Å². The normalized spacial score (nSPS) is 10.6. The number of carboxylic acids is 1. The fraction of sp³-hybridized carbons (Fsp3) is 0.312. The number of unbranched alkanes of at least 4 members (excludes halogenated alkanes) is 1. The Balaban J connectivity index is 2.35. The lowest BCUT2D eigenvalue weighted by Crippen LogP contribution is -2.22. The molecule has 0 aliphatic carbocycles. The first-order valence-electron chi connectivity index (χ1n) is 7.14. The van der Waals surface area contributed by atoms with Gasteiger partial charge in [0, 0.05) is 6.07 Å². The zero-order valence-corrected chi connectivity index (χ0v) is 12.3. The zero-order chi connectivity index (χ0) is 16.1. The van der Waals surface area contributed by atoms with Crippen LogP contribution in [-0.4, -0.2) is 26.0 Å². The maximum absolute atomic E-state index is 11.9. The minimum atomic E-state index is -1.12. The van der Waals surface area contributed by atoms with Gasteiger partial charge in [0.05, 0.1) is 12.1 Å². The van der Waals surface area contributed by atoms with Gasteiger partial charge in [0.2, 0.25) is 0 Å². The summed E-state index contributed by atoms with van der Waals surface area (Å²) in [6, 6.07) is 8.35. The molecule has 1 aromatic carbocycles. The third-order valence-corrected chi connectivity index (χ3v) is 3.30. The monoisotopic (exact) mass is 302 g/mol. The minimum Gasteiger partial charge on any atom is -0.506 e. The predicted molar refractivity (Wildman–Crippen MR) is 81.5 cm³/mol. The summed E-state index contributed by atoms with van der Waals surface area (Å²) in [5.74, 6) is -1.52. The molecule has 0 amide bonds. The number of nitrogens with zero attached hydrogens (tertiary/aromatic N) is 2. The molecule has 0 saturated heterocycles. The fourth-order valence-corrected chi connectivity index (χ4v) is 2.12. The third-order valence-electron chi connectivity index (χ3n) is 3.30. The Morgan fingerprint density at radius 2 is 1.95 bits per heavy atom. The molecule has 0 unspecified atom stereocenters. The van der Waals surface area contributed by atoms with E-state index in [9.17, 15) is 14.7 Å². The van der Waals surface area contributed by atoms with Crippen LogP contribution < -0.4 is 5.56 Å². The molecule has 2 aromatic rings. The standard InChI is InChI=1S/C16H18N2O4/c1-2-3-4-11-5-7-12(8-6-11)18-15(20)10-14(19)13(17-18)9-16(21)22/h5-8,10,19H,2-4,9H2,1H3,(H,21,22). The molecule has 1 heterocycles. The Kier molecular flexibility index (Phi) is 4.93. The smallest absolute Gasteiger partial charge is 0.309 e. The summed E-state index contributed by atoms with van der Waals surface area (Å²) in [7, 11) is 0. The molecule has 2 rings (SSSR count). The molecule has 0 aliphatic rings. The van der Waals surface area contributed by atoms with Crippen LogP contribution in [0.15, 0.2) is 35.1 Å². The van der Waals surface area contributed by atoms with Gasteiger partial charge in [-0.05, 0) is 30.5 Å². The van der Waals surface area contributed by atoms with Crippen LogP contribution >= 0.6 is 0 Å². The number of carboxylic acid groups (broad SMARTS) is 1. The van der Waals surface area contributed by atoms with Crippen LogP contribution in [0.5, 0.6) is 5.75 Å². The molecule has 6 heteroatoms. The van der Waals surface area contributed by atoms with E-state index < -0.39 is 23.7 Å². The summed E-state index contributed by atoms with van der Waals surface area (Å²) in [5.41, 5.74) is 1.16. The summed E-state index contributed by atoms with van der Waals surface area (Å²) in [5, 5.41) is 22.4. The molecule has 0 aliphatic heterocycles. The number of aryl methyl sites for hydroxylation is 1. The second-order valence-corrected chi connectivity index (χ2v) is 5.07. The van der Waals surface area contributed by atoms with Crippen molar-refractivity contribution in [3.8, 4) is 11.4 Å². The quantitative estimate of drug-likeness (QED) is 0.850. The number of carbonyl (C=O) groups is 1. The van der Waals surface area contributed by atoms with E-state index in [-0.39, 0.29) is 5.69 Å². The number of hydrogen-bond donors (Lipinski definition) is 2. The molecule has 0 spiro atoms. The molecule has 1 aromatic heterocycles. The Morgan fingerprint density at radius 3 is 2.55 bits per heavy atom. The summed E-state index contributed by atoms with van der Waals surface area (Å²) >= 11 is 0. The first kappa shape index (κ1) is 15.8. The van der Waals surface area contributed by atoms with Crippen molar-refractivity contribution in [2.24, 2.45) is 0 Å². The molecule has 116 valence electrons. The highest BCUT2D eigenvalue weighted by Crippen LogP contribution is 2.14. The second kappa shape index (κ2) is 6.89. The van der Waals surface area contributed by atoms with E-state index in [0.29, 0.717) is 5.69 Å². The highest BCUT2D eigenvalue weighted by atomic mass is 16.4. The topological polar surface area (TPSA) is 92.4 Å². The molecule has 2 N–H and O–H groups in total. The van der Waals surface area contributed by atoms with Gasteiger partial charge in [-0.15, -0.1) is 0 Å². The van der Waals surface area contributed by atoms with E-state index in [0.717, 1.165) is 30.0 Å². The maximum Gasteiger partial charge on any atom is 0.309 e. The SMILES string of the molecule is CCCCc1ccc(-n2nc(CC(=O)O)c(O)cc2=O)cc1. The van der Waals surface area contributed by atoms with Gasteiger partial charge in [-0.25, -0.2) is 0 Å². The number of aromatic hydroxyl groups is 1. The number of rotatable bonds is 6. The lowest BCUT2D eigenvalue weighted by molar-refractivity contribution is -0.136. The van der Waals surface area contributed by atoms with Crippen molar-refractivity contribution in [1.82, 2.24) is 9.78 Å². The van der Waals surface area contributed by atoms with Gasteiger partial charge in [0.1, 0.15) is 11.4 Å². The van der Waals surface area contributed by atoms with Crippen molar-refractivity contribution in [2.45, 2.75) is 32.6 Å². The highest BCUT2D eigenvalue weighted by Gasteiger charge is 2.12. The second-order valence-electron chi connectivity index (χ2n) is 5.07. The first-order chi connectivity index (χ1) is 10.5. The summed E-state index contributed by atoms with van der Waals surface area (Å²) in [6.45, 7) is 2.12. The van der Waals surface area contributed by atoms with E-state index >= 15 is 0 Å². The molecule has 6 nitrogen and oxygen atoms in total. The minimum absolute atomic E-state index is 0.0397. The number of aliphatic carboxylic acids is 1. The molecule has 0 fully saturated rings. The lowest BCUT2D eigenvalue weighted by atomic mass is 10.1. The van der Waals surface area contributed by atoms with E-state index in [1.165, 1.54) is 5.56 Å². The molecular weight excluding hydrogens is 284 g/mol. The van der Waals surface area contributed by atoms with Crippen LogP contribution in [-0.2, 0) is 17.6 Å². The zero-order valence-electron chi connectivity index (χ0n) is 12.3. The number of aromatic nitrogens is 2. The average molecular weight is 302 g/mol. The van der Waals surface area contributed by atoms with Gasteiger partial charge in [0.15, 0.2) is 0 Å². The Morgan fingerprint density at radius 1 is 1.27 bits per heavy atom. The highest BCUT2D eigenvalue weighted by molar-refractivity contribution is 5.70. The van der Waals surface area contributed by atoms with Crippen molar-refractivity contribution < 1.29 is 15.0 Å². The van der Waals surface area contributed by atoms with Crippen molar-refractivity contribution >= 4 is 5.97 Å². The van der Waals surface area contributed by atoms with Gasteiger partial charge < -0.3 is 10.2 Å². The number of benzene rings is 1. The molecule has 0 bridgehead atoms. The van der Waals surface area contributed by atoms with Crippen molar-refractivity contribution in [2.75, 3.05) is 0 Å². The number of hydrogen-bond acceptors (Lipinski definition) is 4. The molecular formula is C16H18N2O4. The average Bonchev–Trinajstić information content (AvgIpc) is 2.48. The Bertz CT molecular complexity index is 720. The van der Waals surface area contributed by atoms with Crippen LogP contribution in [0.4, 0.5) is 0 Å². The van der Waals surface area contributed by atoms with Crippen LogP contribution in [0, 0.1) is 0 Å². The van der Waals surface area contributed by atoms with Crippen LogP contribution in [0.25, 0.3) is 5.69 Å². The van der Waals surface area contributed by atoms with Crippen molar-refractivity contribution in [1.29, 1.82) is 0 Å². The molecule has 22 heavy (non-hydrogen) atoms. The van der Waals surface area contributed by atoms with Gasteiger partial charge in [-0.1, -0.05) is 25.5 Å². The third kappa shape index (κ3) is 3.72. The summed E-state index contributed by atoms with van der Waals surface area (Å²) in [4.78, 5) is 22.7. The van der Waals surface area contributed by atoms with Crippen molar-refractivity contribution in [3.05, 3.63) is 51.9 Å². The predicted octanol–water partition coefficient (Wildman–Crippen LogP) is 1.91. The summed E-state index contributed by atoms with van der Waals surface area (Å²) in [6.07, 6.45) is 2.73. The van der Waals surface area contributed by atoms with E-state index in [1.54, 1.807) is 12.1 Å². The molecule has 0 atom stereocenters. The van der Waals surface area contributed by atoms with Gasteiger partial charge in [-0.2, -0.15) is 9.78 Å². The van der Waals surface area contributed by atoms with Gasteiger partial charge in [-0.3, -0.25) is 9.59 Å². The Labute approximate surface area is 127 Å². The first-order valence-corrected chi connectivity index (χ1v) is 7.14. The Hall–Kier alpha value is -2.63. The van der Waals surface area contributed by atoms with E-state index in [2.05, 4.69) is 12.0 Å². The van der Waals surface area contributed by atoms with E-state index in [4.69, 9.17) is 5.11 Å². The fourth-order valence-electron chi connectivity index (χ4n) is 2.12. The van der Waals surface area contributed by atoms with Crippen LogP contribution in [0.1, 0.15) is 31.0 Å². The van der Waals surface area contributed by atoms with E-state index in [1.807, 2.05) is 12.1 Å². The van der Waals surface area contributed by atoms with Crippen LogP contribution in [0.3, 0.4) is 0 Å².